The minimum Gasteiger partial charge on any atom is -0.483 e. The van der Waals surface area contributed by atoms with Crippen LogP contribution in [0.3, 0.4) is 0 Å². The first-order chi connectivity index (χ1) is 16.4. The summed E-state index contributed by atoms with van der Waals surface area (Å²) < 4.78 is 11.3. The predicted octanol–water partition coefficient (Wildman–Crippen LogP) is 5.43. The molecule has 2 heterocycles. The Balaban J connectivity index is 1.60. The molecular formula is C25H24ClN3O4S. The number of rotatable bonds is 7. The van der Waals surface area contributed by atoms with Crippen LogP contribution in [0.4, 0.5) is 5.69 Å². The average molecular weight is 498 g/mol. The molecule has 0 aromatic heterocycles. The molecule has 4 rings (SSSR count). The number of ether oxygens (including phenoxy) is 2. The number of aryl methyl sites for hydroxylation is 1. The molecule has 2 aliphatic heterocycles. The topological polar surface area (TPSA) is 80.2 Å². The number of nitrogens with zero attached hydrogens (tertiary/aromatic N) is 2. The van der Waals surface area contributed by atoms with Crippen molar-refractivity contribution in [3.05, 3.63) is 81.5 Å². The first-order valence-electron chi connectivity index (χ1n) is 10.7. The Hall–Kier alpha value is -3.23. The van der Waals surface area contributed by atoms with Gasteiger partial charge in [-0.2, -0.15) is 0 Å². The number of thioether (sulfide) groups is 1. The van der Waals surface area contributed by atoms with Crippen LogP contribution in [0.5, 0.6) is 5.75 Å². The highest BCUT2D eigenvalue weighted by atomic mass is 35.5. The van der Waals surface area contributed by atoms with Crippen molar-refractivity contribution in [2.45, 2.75) is 26.8 Å². The lowest BCUT2D eigenvalue weighted by Gasteiger charge is -2.34. The van der Waals surface area contributed by atoms with E-state index in [0.29, 0.717) is 27.7 Å². The van der Waals surface area contributed by atoms with Crippen LogP contribution < -0.4 is 10.1 Å². The third-order valence-corrected chi connectivity index (χ3v) is 6.37. The van der Waals surface area contributed by atoms with Crippen molar-refractivity contribution in [2.75, 3.05) is 18.5 Å². The van der Waals surface area contributed by atoms with Gasteiger partial charge in [0.05, 0.1) is 23.9 Å². The number of halogens is 1. The van der Waals surface area contributed by atoms with Gasteiger partial charge in [0.1, 0.15) is 5.75 Å². The van der Waals surface area contributed by atoms with E-state index in [1.807, 2.05) is 47.7 Å². The van der Waals surface area contributed by atoms with E-state index in [2.05, 4.69) is 10.3 Å². The molecule has 34 heavy (non-hydrogen) atoms. The number of benzene rings is 2. The zero-order valence-corrected chi connectivity index (χ0v) is 20.6. The Bertz CT molecular complexity index is 1220. The second-order valence-corrected chi connectivity index (χ2v) is 8.97. The highest BCUT2D eigenvalue weighted by molar-refractivity contribution is 8.16. The number of para-hydroxylation sites is 1. The van der Waals surface area contributed by atoms with Crippen LogP contribution in [-0.4, -0.2) is 35.2 Å². The number of carbonyl (C=O) groups excluding carboxylic acids is 2. The fourth-order valence-corrected chi connectivity index (χ4v) is 4.74. The van der Waals surface area contributed by atoms with Gasteiger partial charge in [-0.15, -0.1) is 0 Å². The third-order valence-electron chi connectivity index (χ3n) is 5.36. The number of aliphatic imine (C=N–C) groups is 1. The normalized spacial score (nSPS) is 16.8. The number of allylic oxidation sites excluding steroid dienone is 1. The molecule has 2 aliphatic rings. The fraction of sp³-hybridized carbons (Fsp3) is 0.240. The molecule has 2 aromatic carbocycles. The summed E-state index contributed by atoms with van der Waals surface area (Å²) in [5.74, 6) is -0.256. The third kappa shape index (κ3) is 4.98. The van der Waals surface area contributed by atoms with Crippen molar-refractivity contribution < 1.29 is 19.1 Å². The highest BCUT2D eigenvalue weighted by Crippen LogP contribution is 2.43. The Morgan fingerprint density at radius 2 is 2.00 bits per heavy atom. The summed E-state index contributed by atoms with van der Waals surface area (Å²) in [4.78, 5) is 32.0. The molecule has 1 N–H and O–H groups in total. The van der Waals surface area contributed by atoms with Crippen molar-refractivity contribution >= 4 is 46.1 Å². The number of anilines is 1. The van der Waals surface area contributed by atoms with Crippen molar-refractivity contribution in [1.82, 2.24) is 4.90 Å². The molecular weight excluding hydrogens is 474 g/mol. The minimum absolute atomic E-state index is 0.210. The van der Waals surface area contributed by atoms with Crippen LogP contribution in [0.15, 0.2) is 70.3 Å². The van der Waals surface area contributed by atoms with Crippen LogP contribution in [0.25, 0.3) is 0 Å². The smallest absolute Gasteiger partial charge is 0.338 e. The summed E-state index contributed by atoms with van der Waals surface area (Å²) in [6, 6.07) is 12.2. The molecule has 0 radical (unpaired) electrons. The van der Waals surface area contributed by atoms with E-state index in [-0.39, 0.29) is 19.1 Å². The first-order valence-corrected chi connectivity index (χ1v) is 12.0. The van der Waals surface area contributed by atoms with Gasteiger partial charge in [-0.1, -0.05) is 47.6 Å². The quantitative estimate of drug-likeness (QED) is 0.513. The average Bonchev–Trinajstić information content (AvgIpc) is 3.27. The van der Waals surface area contributed by atoms with Crippen LogP contribution in [-0.2, 0) is 14.3 Å². The Labute approximate surface area is 207 Å². The number of carbonyl (C=O) groups is 2. The van der Waals surface area contributed by atoms with E-state index in [0.717, 1.165) is 16.3 Å². The number of hydrogen-bond donors (Lipinski definition) is 1. The van der Waals surface area contributed by atoms with Gasteiger partial charge in [-0.3, -0.25) is 4.79 Å². The summed E-state index contributed by atoms with van der Waals surface area (Å²) in [6.07, 6.45) is 1.88. The maximum Gasteiger partial charge on any atom is 0.338 e. The molecule has 7 nitrogen and oxygen atoms in total. The molecule has 1 amide bonds. The second-order valence-electron chi connectivity index (χ2n) is 7.66. The summed E-state index contributed by atoms with van der Waals surface area (Å²) >= 11 is 7.53. The monoisotopic (exact) mass is 497 g/mol. The SMILES string of the molecule is CCOC(=O)C1=C(C)N=C2SC=CN2C1c1ccccc1OCC(=O)Nc1cc(Cl)ccc1C. The van der Waals surface area contributed by atoms with E-state index in [4.69, 9.17) is 21.1 Å². The summed E-state index contributed by atoms with van der Waals surface area (Å²) in [5.41, 5.74) is 3.29. The molecule has 0 aliphatic carbocycles. The van der Waals surface area contributed by atoms with Crippen LogP contribution in [0, 0.1) is 6.92 Å². The molecule has 0 bridgehead atoms. The lowest BCUT2D eigenvalue weighted by atomic mass is 9.94. The molecule has 176 valence electrons. The molecule has 2 aromatic rings. The van der Waals surface area contributed by atoms with Crippen LogP contribution in [0.1, 0.15) is 31.0 Å². The number of esters is 1. The predicted molar refractivity (Wildman–Crippen MR) is 135 cm³/mol. The number of fused-ring (bicyclic) bond motifs is 1. The zero-order valence-electron chi connectivity index (χ0n) is 19.0. The van der Waals surface area contributed by atoms with Gasteiger partial charge in [-0.05, 0) is 49.9 Å². The van der Waals surface area contributed by atoms with E-state index in [1.165, 1.54) is 11.8 Å². The summed E-state index contributed by atoms with van der Waals surface area (Å²) in [6.45, 7) is 5.50. The molecule has 0 spiro atoms. The van der Waals surface area contributed by atoms with Crippen LogP contribution >= 0.6 is 23.4 Å². The maximum atomic E-state index is 12.9. The lowest BCUT2D eigenvalue weighted by molar-refractivity contribution is -0.139. The standard InChI is InChI=1S/C25H24ClN3O4S/c1-4-32-24(31)22-16(3)27-25-29(11-12-34-25)23(22)18-7-5-6-8-20(18)33-14-21(30)28-19-13-17(26)10-9-15(19)2/h5-13,23H,4,14H2,1-3H3,(H,28,30). The lowest BCUT2D eigenvalue weighted by Crippen LogP contribution is -2.34. The van der Waals surface area contributed by atoms with Crippen molar-refractivity contribution in [3.63, 3.8) is 0 Å². The fourth-order valence-electron chi connectivity index (χ4n) is 3.77. The summed E-state index contributed by atoms with van der Waals surface area (Å²) in [7, 11) is 0. The Morgan fingerprint density at radius 3 is 2.79 bits per heavy atom. The van der Waals surface area contributed by atoms with Crippen LogP contribution in [0.2, 0.25) is 5.02 Å². The molecule has 0 saturated carbocycles. The molecule has 1 atom stereocenters. The van der Waals surface area contributed by atoms with Crippen molar-refractivity contribution in [1.29, 1.82) is 0 Å². The van der Waals surface area contributed by atoms with E-state index < -0.39 is 12.0 Å². The minimum atomic E-state index is -0.493. The summed E-state index contributed by atoms with van der Waals surface area (Å²) in [5, 5.41) is 6.04. The van der Waals surface area contributed by atoms with E-state index in [9.17, 15) is 9.59 Å². The van der Waals surface area contributed by atoms with Gasteiger partial charge < -0.3 is 19.7 Å². The molecule has 0 fully saturated rings. The van der Waals surface area contributed by atoms with Gasteiger partial charge in [0, 0.05) is 22.5 Å². The second kappa shape index (κ2) is 10.4. The van der Waals surface area contributed by atoms with Gasteiger partial charge in [0.25, 0.3) is 5.91 Å². The van der Waals surface area contributed by atoms with E-state index in [1.54, 1.807) is 32.0 Å². The van der Waals surface area contributed by atoms with Gasteiger partial charge in [0.2, 0.25) is 0 Å². The van der Waals surface area contributed by atoms with Gasteiger partial charge in [0.15, 0.2) is 11.8 Å². The number of nitrogens with one attached hydrogen (secondary N) is 1. The van der Waals surface area contributed by atoms with Gasteiger partial charge >= 0.3 is 5.97 Å². The van der Waals surface area contributed by atoms with Crippen molar-refractivity contribution in [2.24, 2.45) is 4.99 Å². The van der Waals surface area contributed by atoms with E-state index >= 15 is 0 Å². The first kappa shape index (κ1) is 23.9. The molecule has 9 heteroatoms. The number of amidine groups is 1. The Kier molecular flexibility index (Phi) is 7.29. The maximum absolute atomic E-state index is 12.9. The van der Waals surface area contributed by atoms with Crippen molar-refractivity contribution in [3.8, 4) is 5.75 Å². The molecule has 0 saturated heterocycles. The van der Waals surface area contributed by atoms with Gasteiger partial charge in [-0.25, -0.2) is 9.79 Å². The number of hydrogen-bond acceptors (Lipinski definition) is 7. The zero-order chi connectivity index (χ0) is 24.2. The highest BCUT2D eigenvalue weighted by Gasteiger charge is 2.38. The number of amides is 1. The molecule has 1 unspecified atom stereocenters. The Morgan fingerprint density at radius 1 is 1.21 bits per heavy atom. The largest absolute Gasteiger partial charge is 0.483 e.